The zero-order valence-corrected chi connectivity index (χ0v) is 18.4. The number of carbonyl (C=O) groups is 2. The first-order chi connectivity index (χ1) is 14.6. The van der Waals surface area contributed by atoms with Crippen LogP contribution in [-0.4, -0.2) is 23.3 Å². The van der Waals surface area contributed by atoms with Crippen LogP contribution in [0.5, 0.6) is 0 Å². The van der Waals surface area contributed by atoms with Crippen LogP contribution in [0.25, 0.3) is 0 Å². The first kappa shape index (κ1) is 20.4. The van der Waals surface area contributed by atoms with E-state index in [0.29, 0.717) is 23.6 Å². The van der Waals surface area contributed by atoms with Crippen LogP contribution in [0.15, 0.2) is 105 Å². The normalized spacial score (nSPS) is 13.8. The second kappa shape index (κ2) is 9.32. The van der Waals surface area contributed by atoms with Gasteiger partial charge in [-0.05, 0) is 48.4 Å². The second-order valence-corrected chi connectivity index (χ2v) is 8.75. The Morgan fingerprint density at radius 2 is 1.43 bits per heavy atom. The summed E-state index contributed by atoms with van der Waals surface area (Å²) in [6.07, 6.45) is 0.618. The molecule has 150 valence electrons. The van der Waals surface area contributed by atoms with Crippen LogP contribution >= 0.6 is 27.7 Å². The Kier molecular flexibility index (Phi) is 6.35. The van der Waals surface area contributed by atoms with Crippen molar-refractivity contribution in [1.82, 2.24) is 4.90 Å². The molecule has 2 amide bonds. The Morgan fingerprint density at radius 3 is 2.10 bits per heavy atom. The van der Waals surface area contributed by atoms with E-state index in [1.54, 1.807) is 0 Å². The minimum Gasteiger partial charge on any atom is -0.350 e. The maximum atomic E-state index is 13.2. The topological polar surface area (TPSA) is 49.4 Å². The number of nitrogens with one attached hydrogen (secondary N) is 1. The predicted molar refractivity (Wildman–Crippen MR) is 124 cm³/mol. The maximum Gasteiger partial charge on any atom is 0.278 e. The smallest absolute Gasteiger partial charge is 0.278 e. The summed E-state index contributed by atoms with van der Waals surface area (Å²) < 4.78 is 0.944. The minimum absolute atomic E-state index is 0.260. The van der Waals surface area contributed by atoms with Gasteiger partial charge in [-0.2, -0.15) is 0 Å². The molecule has 3 aromatic carbocycles. The van der Waals surface area contributed by atoms with Gasteiger partial charge in [-0.15, -0.1) is 0 Å². The molecule has 6 heteroatoms. The number of rotatable bonds is 7. The molecule has 30 heavy (non-hydrogen) atoms. The summed E-state index contributed by atoms with van der Waals surface area (Å²) in [6.45, 7) is 0.339. The molecule has 0 aromatic heterocycles. The standard InChI is InChI=1S/C24H19BrN2O2S/c25-18-11-13-19(14-12-18)26-21-22(30-20-9-5-2-6-10-20)24(29)27(23(21)28)16-15-17-7-3-1-4-8-17/h1-14,26H,15-16H2. The van der Waals surface area contributed by atoms with Crippen molar-refractivity contribution in [3.05, 3.63) is 106 Å². The van der Waals surface area contributed by atoms with Crippen LogP contribution in [0, 0.1) is 0 Å². The van der Waals surface area contributed by atoms with E-state index < -0.39 is 0 Å². The summed E-state index contributed by atoms with van der Waals surface area (Å²) in [5, 5.41) is 3.17. The lowest BCUT2D eigenvalue weighted by Gasteiger charge is -2.15. The Hall–Kier alpha value is -2.83. The van der Waals surface area contributed by atoms with E-state index in [-0.39, 0.29) is 11.8 Å². The molecular formula is C24H19BrN2O2S. The van der Waals surface area contributed by atoms with Gasteiger partial charge in [0.1, 0.15) is 10.6 Å². The average molecular weight is 479 g/mol. The molecular weight excluding hydrogens is 460 g/mol. The van der Waals surface area contributed by atoms with Crippen LogP contribution in [0.3, 0.4) is 0 Å². The molecule has 0 bridgehead atoms. The van der Waals surface area contributed by atoms with Gasteiger partial charge in [0.25, 0.3) is 11.8 Å². The van der Waals surface area contributed by atoms with E-state index in [2.05, 4.69) is 21.2 Å². The lowest BCUT2D eigenvalue weighted by Crippen LogP contribution is -2.34. The van der Waals surface area contributed by atoms with Crippen molar-refractivity contribution in [3.8, 4) is 0 Å². The van der Waals surface area contributed by atoms with Gasteiger partial charge in [-0.25, -0.2) is 0 Å². The molecule has 0 saturated carbocycles. The SMILES string of the molecule is O=C1C(Nc2ccc(Br)cc2)=C(Sc2ccccc2)C(=O)N1CCc1ccccc1. The van der Waals surface area contributed by atoms with Crippen LogP contribution in [-0.2, 0) is 16.0 Å². The molecule has 0 unspecified atom stereocenters. The number of hydrogen-bond donors (Lipinski definition) is 1. The number of halogens is 1. The Morgan fingerprint density at radius 1 is 0.800 bits per heavy atom. The largest absolute Gasteiger partial charge is 0.350 e. The maximum absolute atomic E-state index is 13.2. The van der Waals surface area contributed by atoms with E-state index in [4.69, 9.17) is 0 Å². The monoisotopic (exact) mass is 478 g/mol. The summed E-state index contributed by atoms with van der Waals surface area (Å²) in [6, 6.07) is 27.0. The molecule has 0 saturated heterocycles. The molecule has 3 aromatic rings. The fourth-order valence-electron chi connectivity index (χ4n) is 3.13. The van der Waals surface area contributed by atoms with Crippen molar-refractivity contribution in [1.29, 1.82) is 0 Å². The molecule has 0 aliphatic carbocycles. The summed E-state index contributed by atoms with van der Waals surface area (Å²) in [4.78, 5) is 29.0. The summed E-state index contributed by atoms with van der Waals surface area (Å²) >= 11 is 4.73. The van der Waals surface area contributed by atoms with E-state index >= 15 is 0 Å². The molecule has 0 radical (unpaired) electrons. The minimum atomic E-state index is -0.294. The fraction of sp³-hybridized carbons (Fsp3) is 0.0833. The van der Waals surface area contributed by atoms with Crippen molar-refractivity contribution >= 4 is 45.2 Å². The van der Waals surface area contributed by atoms with E-state index in [9.17, 15) is 9.59 Å². The van der Waals surface area contributed by atoms with Crippen molar-refractivity contribution in [2.45, 2.75) is 11.3 Å². The number of imide groups is 1. The van der Waals surface area contributed by atoms with Gasteiger partial charge in [0.05, 0.1) is 0 Å². The molecule has 0 spiro atoms. The van der Waals surface area contributed by atoms with Crippen molar-refractivity contribution in [3.63, 3.8) is 0 Å². The van der Waals surface area contributed by atoms with Crippen LogP contribution in [0.2, 0.25) is 0 Å². The first-order valence-electron chi connectivity index (χ1n) is 9.52. The third-order valence-electron chi connectivity index (χ3n) is 4.67. The first-order valence-corrected chi connectivity index (χ1v) is 11.1. The second-order valence-electron chi connectivity index (χ2n) is 6.75. The van der Waals surface area contributed by atoms with Crippen LogP contribution in [0.1, 0.15) is 5.56 Å². The molecule has 0 fully saturated rings. The van der Waals surface area contributed by atoms with Crippen LogP contribution < -0.4 is 5.32 Å². The lowest BCUT2D eigenvalue weighted by atomic mass is 10.1. The molecule has 4 rings (SSSR count). The van der Waals surface area contributed by atoms with E-state index in [1.807, 2.05) is 84.9 Å². The van der Waals surface area contributed by atoms with E-state index in [0.717, 1.165) is 20.6 Å². The van der Waals surface area contributed by atoms with Crippen molar-refractivity contribution in [2.24, 2.45) is 0 Å². The van der Waals surface area contributed by atoms with Gasteiger partial charge in [0.2, 0.25) is 0 Å². The molecule has 0 atom stereocenters. The number of nitrogens with zero attached hydrogens (tertiary/aromatic N) is 1. The highest BCUT2D eigenvalue weighted by Gasteiger charge is 2.38. The quantitative estimate of drug-likeness (QED) is 0.457. The molecule has 1 N–H and O–H groups in total. The number of amides is 2. The average Bonchev–Trinajstić information content (AvgIpc) is 2.99. The highest BCUT2D eigenvalue weighted by Crippen LogP contribution is 2.36. The lowest BCUT2D eigenvalue weighted by molar-refractivity contribution is -0.137. The van der Waals surface area contributed by atoms with Crippen molar-refractivity contribution < 1.29 is 9.59 Å². The molecule has 4 nitrogen and oxygen atoms in total. The third-order valence-corrected chi connectivity index (χ3v) is 6.29. The van der Waals surface area contributed by atoms with Gasteiger partial charge in [0, 0.05) is 21.6 Å². The van der Waals surface area contributed by atoms with Gasteiger partial charge < -0.3 is 5.32 Å². The number of benzene rings is 3. The fourth-order valence-corrected chi connectivity index (χ4v) is 4.36. The Bertz CT molecular complexity index is 1080. The van der Waals surface area contributed by atoms with Gasteiger partial charge in [-0.3, -0.25) is 14.5 Å². The Labute approximate surface area is 188 Å². The van der Waals surface area contributed by atoms with Gasteiger partial charge >= 0.3 is 0 Å². The summed E-state index contributed by atoms with van der Waals surface area (Å²) in [5.74, 6) is -0.554. The predicted octanol–water partition coefficient (Wildman–Crippen LogP) is 5.48. The van der Waals surface area contributed by atoms with Crippen LogP contribution in [0.4, 0.5) is 5.69 Å². The van der Waals surface area contributed by atoms with Gasteiger partial charge in [0.15, 0.2) is 0 Å². The summed E-state index contributed by atoms with van der Waals surface area (Å²) in [5.41, 5.74) is 2.17. The summed E-state index contributed by atoms with van der Waals surface area (Å²) in [7, 11) is 0. The highest BCUT2D eigenvalue weighted by molar-refractivity contribution is 9.10. The number of thioether (sulfide) groups is 1. The van der Waals surface area contributed by atoms with Crippen molar-refractivity contribution in [2.75, 3.05) is 11.9 Å². The molecule has 1 aliphatic heterocycles. The molecule has 1 heterocycles. The zero-order chi connectivity index (χ0) is 20.9. The number of carbonyl (C=O) groups excluding carboxylic acids is 2. The number of hydrogen-bond acceptors (Lipinski definition) is 4. The van der Waals surface area contributed by atoms with Gasteiger partial charge in [-0.1, -0.05) is 76.2 Å². The molecule has 1 aliphatic rings. The third kappa shape index (κ3) is 4.66. The van der Waals surface area contributed by atoms with E-state index in [1.165, 1.54) is 16.7 Å². The number of anilines is 1. The Balaban J connectivity index is 1.60. The zero-order valence-electron chi connectivity index (χ0n) is 16.0. The highest BCUT2D eigenvalue weighted by atomic mass is 79.9.